The highest BCUT2D eigenvalue weighted by molar-refractivity contribution is 8.00. The number of carbonyl (C=O) groups excluding carboxylic acids is 2. The SMILES string of the molecule is CC(CCc1ccc(OC(C)C)cc1)NC(=O)CN1CSCC1=O. The lowest BCUT2D eigenvalue weighted by molar-refractivity contribution is -0.132. The molecule has 6 heteroatoms. The maximum Gasteiger partial charge on any atom is 0.239 e. The molecular formula is C18H26N2O3S. The standard InChI is InChI=1S/C18H26N2O3S/c1-13(2)23-16-8-6-15(7-9-16)5-4-14(3)19-17(21)10-20-12-24-11-18(20)22/h6-9,13-14H,4-5,10-12H2,1-3H3,(H,19,21). The molecule has 0 aromatic heterocycles. The van der Waals surface area contributed by atoms with Crippen LogP contribution in [0.2, 0.25) is 0 Å². The summed E-state index contributed by atoms with van der Waals surface area (Å²) in [6.07, 6.45) is 1.92. The van der Waals surface area contributed by atoms with E-state index in [2.05, 4.69) is 17.4 Å². The van der Waals surface area contributed by atoms with E-state index in [0.717, 1.165) is 18.6 Å². The predicted molar refractivity (Wildman–Crippen MR) is 97.2 cm³/mol. The van der Waals surface area contributed by atoms with E-state index in [-0.39, 0.29) is 30.5 Å². The van der Waals surface area contributed by atoms with Crippen LogP contribution in [0.25, 0.3) is 0 Å². The lowest BCUT2D eigenvalue weighted by Crippen LogP contribution is -2.41. The molecule has 0 spiro atoms. The van der Waals surface area contributed by atoms with E-state index >= 15 is 0 Å². The summed E-state index contributed by atoms with van der Waals surface area (Å²) in [5, 5.41) is 2.97. The van der Waals surface area contributed by atoms with E-state index in [1.54, 1.807) is 16.7 Å². The Kier molecular flexibility index (Phi) is 6.97. The molecule has 0 aliphatic carbocycles. The van der Waals surface area contributed by atoms with Crippen LogP contribution >= 0.6 is 11.8 Å². The Morgan fingerprint density at radius 2 is 2.00 bits per heavy atom. The first-order valence-corrected chi connectivity index (χ1v) is 9.50. The minimum Gasteiger partial charge on any atom is -0.491 e. The van der Waals surface area contributed by atoms with Gasteiger partial charge in [0.1, 0.15) is 12.3 Å². The molecule has 0 saturated carbocycles. The highest BCUT2D eigenvalue weighted by Crippen LogP contribution is 2.16. The average molecular weight is 350 g/mol. The van der Waals surface area contributed by atoms with Crippen LogP contribution in [0.15, 0.2) is 24.3 Å². The molecule has 2 rings (SSSR count). The number of nitrogens with zero attached hydrogens (tertiary/aromatic N) is 1. The Hall–Kier alpha value is -1.69. The number of amides is 2. The third-order valence-corrected chi connectivity index (χ3v) is 4.67. The van der Waals surface area contributed by atoms with Crippen molar-refractivity contribution in [3.8, 4) is 5.75 Å². The van der Waals surface area contributed by atoms with Crippen LogP contribution in [0.4, 0.5) is 0 Å². The summed E-state index contributed by atoms with van der Waals surface area (Å²) in [7, 11) is 0. The van der Waals surface area contributed by atoms with Gasteiger partial charge in [0.2, 0.25) is 11.8 Å². The molecule has 24 heavy (non-hydrogen) atoms. The molecule has 1 unspecified atom stereocenters. The first-order chi connectivity index (χ1) is 11.4. The van der Waals surface area contributed by atoms with Crippen molar-refractivity contribution in [2.45, 2.75) is 45.8 Å². The van der Waals surface area contributed by atoms with Gasteiger partial charge in [-0.05, 0) is 51.3 Å². The Morgan fingerprint density at radius 1 is 1.29 bits per heavy atom. The first-order valence-electron chi connectivity index (χ1n) is 8.34. The smallest absolute Gasteiger partial charge is 0.239 e. The predicted octanol–water partition coefficient (Wildman–Crippen LogP) is 2.44. The number of benzene rings is 1. The molecule has 0 bridgehead atoms. The average Bonchev–Trinajstić information content (AvgIpc) is 2.91. The molecule has 1 N–H and O–H groups in total. The van der Waals surface area contributed by atoms with Crippen LogP contribution in [0.3, 0.4) is 0 Å². The fraction of sp³-hybridized carbons (Fsp3) is 0.556. The normalized spacial score (nSPS) is 15.7. The second-order valence-electron chi connectivity index (χ2n) is 6.39. The molecule has 5 nitrogen and oxygen atoms in total. The van der Waals surface area contributed by atoms with Crippen molar-refractivity contribution in [2.75, 3.05) is 18.2 Å². The second kappa shape index (κ2) is 8.97. The van der Waals surface area contributed by atoms with Crippen LogP contribution in [-0.2, 0) is 16.0 Å². The van der Waals surface area contributed by atoms with Gasteiger partial charge in [-0.25, -0.2) is 0 Å². The van der Waals surface area contributed by atoms with Gasteiger partial charge in [0.15, 0.2) is 0 Å². The van der Waals surface area contributed by atoms with Crippen molar-refractivity contribution in [1.82, 2.24) is 10.2 Å². The molecule has 132 valence electrons. The lowest BCUT2D eigenvalue weighted by Gasteiger charge is -2.18. The minimum atomic E-state index is -0.0842. The number of rotatable bonds is 8. The molecule has 0 radical (unpaired) electrons. The molecule has 1 aromatic carbocycles. The van der Waals surface area contributed by atoms with E-state index in [1.807, 2.05) is 32.9 Å². The number of hydrogen-bond acceptors (Lipinski definition) is 4. The largest absolute Gasteiger partial charge is 0.491 e. The maximum atomic E-state index is 12.0. The molecule has 1 atom stereocenters. The highest BCUT2D eigenvalue weighted by atomic mass is 32.2. The Balaban J connectivity index is 1.71. The van der Waals surface area contributed by atoms with Gasteiger partial charge in [0.25, 0.3) is 0 Å². The lowest BCUT2D eigenvalue weighted by atomic mass is 10.1. The summed E-state index contributed by atoms with van der Waals surface area (Å²) in [5.41, 5.74) is 1.22. The van der Waals surface area contributed by atoms with Crippen LogP contribution in [0.1, 0.15) is 32.8 Å². The van der Waals surface area contributed by atoms with Crippen LogP contribution in [-0.4, -0.2) is 47.0 Å². The summed E-state index contributed by atoms with van der Waals surface area (Å²) < 4.78 is 5.63. The van der Waals surface area contributed by atoms with Gasteiger partial charge in [-0.3, -0.25) is 9.59 Å². The minimum absolute atomic E-state index is 0.0477. The fourth-order valence-corrected chi connectivity index (χ4v) is 3.40. The molecule has 1 saturated heterocycles. The van der Waals surface area contributed by atoms with E-state index in [4.69, 9.17) is 4.74 Å². The van der Waals surface area contributed by atoms with Crippen molar-refractivity contribution >= 4 is 23.6 Å². The number of aryl methyl sites for hydroxylation is 1. The molecule has 2 amide bonds. The summed E-state index contributed by atoms with van der Waals surface area (Å²) in [5.74, 6) is 1.94. The quantitative estimate of drug-likeness (QED) is 0.782. The summed E-state index contributed by atoms with van der Waals surface area (Å²) in [6.45, 7) is 6.17. The van der Waals surface area contributed by atoms with Gasteiger partial charge < -0.3 is 15.0 Å². The van der Waals surface area contributed by atoms with Gasteiger partial charge in [-0.2, -0.15) is 0 Å². The maximum absolute atomic E-state index is 12.0. The number of hydrogen-bond donors (Lipinski definition) is 1. The molecular weight excluding hydrogens is 324 g/mol. The van der Waals surface area contributed by atoms with Crippen LogP contribution in [0, 0.1) is 0 Å². The Morgan fingerprint density at radius 3 is 2.58 bits per heavy atom. The molecule has 1 heterocycles. The van der Waals surface area contributed by atoms with Gasteiger partial charge >= 0.3 is 0 Å². The zero-order valence-electron chi connectivity index (χ0n) is 14.6. The van der Waals surface area contributed by atoms with E-state index in [1.165, 1.54) is 5.56 Å². The topological polar surface area (TPSA) is 58.6 Å². The number of ether oxygens (including phenoxy) is 1. The van der Waals surface area contributed by atoms with Gasteiger partial charge in [-0.1, -0.05) is 12.1 Å². The van der Waals surface area contributed by atoms with E-state index in [9.17, 15) is 9.59 Å². The zero-order valence-corrected chi connectivity index (χ0v) is 15.4. The van der Waals surface area contributed by atoms with Crippen molar-refractivity contribution < 1.29 is 14.3 Å². The van der Waals surface area contributed by atoms with Gasteiger partial charge in [0, 0.05) is 6.04 Å². The van der Waals surface area contributed by atoms with Gasteiger partial charge in [-0.15, -0.1) is 11.8 Å². The number of nitrogens with one attached hydrogen (secondary N) is 1. The van der Waals surface area contributed by atoms with Crippen molar-refractivity contribution in [1.29, 1.82) is 0 Å². The van der Waals surface area contributed by atoms with Gasteiger partial charge in [0.05, 0.1) is 17.7 Å². The Labute approximate surface area is 148 Å². The third-order valence-electron chi connectivity index (χ3n) is 3.73. The number of thioether (sulfide) groups is 1. The van der Waals surface area contributed by atoms with Crippen molar-refractivity contribution in [3.05, 3.63) is 29.8 Å². The summed E-state index contributed by atoms with van der Waals surface area (Å²) in [4.78, 5) is 25.1. The summed E-state index contributed by atoms with van der Waals surface area (Å²) >= 11 is 1.55. The van der Waals surface area contributed by atoms with Crippen molar-refractivity contribution in [3.63, 3.8) is 0 Å². The third kappa shape index (κ3) is 6.07. The molecule has 1 aliphatic rings. The van der Waals surface area contributed by atoms with Crippen molar-refractivity contribution in [2.24, 2.45) is 0 Å². The molecule has 1 aromatic rings. The second-order valence-corrected chi connectivity index (χ2v) is 7.34. The molecule has 1 fully saturated rings. The van der Waals surface area contributed by atoms with Crippen LogP contribution in [0.5, 0.6) is 5.75 Å². The molecule has 1 aliphatic heterocycles. The highest BCUT2D eigenvalue weighted by Gasteiger charge is 2.23. The van der Waals surface area contributed by atoms with Crippen LogP contribution < -0.4 is 10.1 Å². The monoisotopic (exact) mass is 350 g/mol. The fourth-order valence-electron chi connectivity index (χ4n) is 2.50. The summed E-state index contributed by atoms with van der Waals surface area (Å²) in [6, 6.07) is 8.16. The van der Waals surface area contributed by atoms with E-state index < -0.39 is 0 Å². The van der Waals surface area contributed by atoms with E-state index in [0.29, 0.717) is 11.6 Å². The number of carbonyl (C=O) groups is 2. The zero-order chi connectivity index (χ0) is 17.5. The first kappa shape index (κ1) is 18.6. The Bertz CT molecular complexity index is 560.